The molecule has 2 atom stereocenters. The van der Waals surface area contributed by atoms with Crippen molar-refractivity contribution in [2.45, 2.75) is 50.5 Å². The van der Waals surface area contributed by atoms with Gasteiger partial charge < -0.3 is 5.73 Å². The van der Waals surface area contributed by atoms with Crippen molar-refractivity contribution in [3.05, 3.63) is 35.4 Å². The number of aryl methyl sites for hydroxylation is 1. The molecule has 2 aliphatic carbocycles. The quantitative estimate of drug-likeness (QED) is 0.822. The molecule has 16 heavy (non-hydrogen) atoms. The lowest BCUT2D eigenvalue weighted by atomic mass is 9.79. The molecule has 86 valence electrons. The average molecular weight is 215 g/mol. The second-order valence-electron chi connectivity index (χ2n) is 5.90. The Bertz CT molecular complexity index is 377. The van der Waals surface area contributed by atoms with Crippen LogP contribution in [0.5, 0.6) is 0 Å². The third-order valence-electron chi connectivity index (χ3n) is 4.49. The highest BCUT2D eigenvalue weighted by atomic mass is 14.9. The second kappa shape index (κ2) is 3.59. The molecule has 2 fully saturated rings. The molecule has 0 amide bonds. The third-order valence-corrected chi connectivity index (χ3v) is 4.49. The van der Waals surface area contributed by atoms with Crippen molar-refractivity contribution in [3.8, 4) is 0 Å². The van der Waals surface area contributed by atoms with Gasteiger partial charge in [-0.2, -0.15) is 0 Å². The van der Waals surface area contributed by atoms with Gasteiger partial charge in [-0.15, -0.1) is 0 Å². The van der Waals surface area contributed by atoms with Gasteiger partial charge in [-0.1, -0.05) is 49.1 Å². The van der Waals surface area contributed by atoms with Gasteiger partial charge in [0.25, 0.3) is 0 Å². The summed E-state index contributed by atoms with van der Waals surface area (Å²) in [7, 11) is 0. The van der Waals surface area contributed by atoms with E-state index in [0.29, 0.717) is 5.92 Å². The fourth-order valence-electron chi connectivity index (χ4n) is 3.03. The minimum absolute atomic E-state index is 0.139. The first-order valence-electron chi connectivity index (χ1n) is 6.53. The van der Waals surface area contributed by atoms with Crippen molar-refractivity contribution >= 4 is 0 Å². The normalized spacial score (nSPS) is 33.5. The van der Waals surface area contributed by atoms with Crippen molar-refractivity contribution < 1.29 is 0 Å². The van der Waals surface area contributed by atoms with Crippen LogP contribution in [0.3, 0.4) is 0 Å². The molecule has 0 radical (unpaired) electrons. The van der Waals surface area contributed by atoms with Gasteiger partial charge >= 0.3 is 0 Å². The van der Waals surface area contributed by atoms with Crippen LogP contribution in [0, 0.1) is 12.8 Å². The topological polar surface area (TPSA) is 26.0 Å². The summed E-state index contributed by atoms with van der Waals surface area (Å²) in [6, 6.07) is 8.93. The van der Waals surface area contributed by atoms with Gasteiger partial charge in [0, 0.05) is 11.5 Å². The van der Waals surface area contributed by atoms with E-state index in [2.05, 4.69) is 31.2 Å². The molecule has 2 saturated carbocycles. The van der Waals surface area contributed by atoms with Crippen LogP contribution in [0.15, 0.2) is 24.3 Å². The van der Waals surface area contributed by atoms with E-state index in [-0.39, 0.29) is 5.54 Å². The maximum absolute atomic E-state index is 6.47. The van der Waals surface area contributed by atoms with Crippen molar-refractivity contribution in [3.63, 3.8) is 0 Å². The Balaban J connectivity index is 1.67. The predicted octanol–water partition coefficient (Wildman–Crippen LogP) is 3.37. The number of hydrogen-bond acceptors (Lipinski definition) is 1. The summed E-state index contributed by atoms with van der Waals surface area (Å²) in [5, 5.41) is 0. The van der Waals surface area contributed by atoms with Crippen LogP contribution in [0.1, 0.15) is 49.1 Å². The van der Waals surface area contributed by atoms with Gasteiger partial charge in [0.05, 0.1) is 0 Å². The molecular weight excluding hydrogens is 194 g/mol. The largest absolute Gasteiger partial charge is 0.325 e. The first-order chi connectivity index (χ1) is 7.67. The highest BCUT2D eigenvalue weighted by Gasteiger charge is 2.52. The van der Waals surface area contributed by atoms with E-state index in [4.69, 9.17) is 5.73 Å². The van der Waals surface area contributed by atoms with E-state index in [1.807, 2.05) is 0 Å². The van der Waals surface area contributed by atoms with E-state index >= 15 is 0 Å². The van der Waals surface area contributed by atoms with Gasteiger partial charge in [0.1, 0.15) is 0 Å². The van der Waals surface area contributed by atoms with Gasteiger partial charge in [-0.25, -0.2) is 0 Å². The summed E-state index contributed by atoms with van der Waals surface area (Å²) >= 11 is 0. The molecule has 1 aromatic rings. The van der Waals surface area contributed by atoms with Crippen LogP contribution < -0.4 is 5.73 Å². The molecule has 0 saturated heterocycles. The summed E-state index contributed by atoms with van der Waals surface area (Å²) < 4.78 is 0. The zero-order chi connectivity index (χ0) is 11.2. The molecule has 1 nitrogen and oxygen atoms in total. The third kappa shape index (κ3) is 1.78. The van der Waals surface area contributed by atoms with Gasteiger partial charge in [-0.3, -0.25) is 0 Å². The fourth-order valence-corrected chi connectivity index (χ4v) is 3.03. The standard InChI is InChI=1S/C15H21N/c1-11-5-7-13(8-6-11)14-10-15(14,16)9-12-3-2-4-12/h5-8,12,14H,2-4,9-10,16H2,1H3. The van der Waals surface area contributed by atoms with Crippen LogP contribution in [-0.2, 0) is 0 Å². The molecule has 0 heterocycles. The van der Waals surface area contributed by atoms with Crippen molar-refractivity contribution in [1.82, 2.24) is 0 Å². The minimum Gasteiger partial charge on any atom is -0.325 e. The molecule has 2 aliphatic rings. The first-order valence-corrected chi connectivity index (χ1v) is 6.53. The molecule has 0 bridgehead atoms. The molecule has 0 aromatic heterocycles. The van der Waals surface area contributed by atoms with Crippen molar-refractivity contribution in [2.75, 3.05) is 0 Å². The predicted molar refractivity (Wildman–Crippen MR) is 67.4 cm³/mol. The molecule has 2 N–H and O–H groups in total. The summed E-state index contributed by atoms with van der Waals surface area (Å²) in [6.07, 6.45) is 6.72. The van der Waals surface area contributed by atoms with Crippen LogP contribution >= 0.6 is 0 Å². The monoisotopic (exact) mass is 215 g/mol. The van der Waals surface area contributed by atoms with Crippen LogP contribution in [0.25, 0.3) is 0 Å². The number of hydrogen-bond donors (Lipinski definition) is 1. The molecule has 1 aromatic carbocycles. The molecular formula is C15H21N. The lowest BCUT2D eigenvalue weighted by Gasteiger charge is -2.28. The SMILES string of the molecule is Cc1ccc(C2CC2(N)CC2CCC2)cc1. The Morgan fingerprint density at radius 2 is 1.94 bits per heavy atom. The van der Waals surface area contributed by atoms with E-state index < -0.39 is 0 Å². The number of rotatable bonds is 3. The molecule has 0 spiro atoms. The lowest BCUT2D eigenvalue weighted by molar-refractivity contribution is 0.267. The number of benzene rings is 1. The van der Waals surface area contributed by atoms with Gasteiger partial charge in [-0.05, 0) is 31.2 Å². The fraction of sp³-hybridized carbons (Fsp3) is 0.600. The summed E-state index contributed by atoms with van der Waals surface area (Å²) in [5.74, 6) is 1.56. The molecule has 0 aliphatic heterocycles. The highest BCUT2D eigenvalue weighted by molar-refractivity contribution is 5.34. The smallest absolute Gasteiger partial charge is 0.0233 e. The van der Waals surface area contributed by atoms with Gasteiger partial charge in [0.2, 0.25) is 0 Å². The van der Waals surface area contributed by atoms with Crippen LogP contribution in [0.2, 0.25) is 0 Å². The Kier molecular flexibility index (Phi) is 2.32. The van der Waals surface area contributed by atoms with E-state index in [1.165, 1.54) is 43.2 Å². The molecule has 2 unspecified atom stereocenters. The van der Waals surface area contributed by atoms with Crippen molar-refractivity contribution in [1.29, 1.82) is 0 Å². The van der Waals surface area contributed by atoms with Crippen LogP contribution in [-0.4, -0.2) is 5.54 Å². The van der Waals surface area contributed by atoms with E-state index in [1.54, 1.807) is 0 Å². The summed E-state index contributed by atoms with van der Waals surface area (Å²) in [4.78, 5) is 0. The Morgan fingerprint density at radius 1 is 1.25 bits per heavy atom. The maximum Gasteiger partial charge on any atom is 0.0233 e. The Labute approximate surface area is 98.0 Å². The van der Waals surface area contributed by atoms with E-state index in [9.17, 15) is 0 Å². The Morgan fingerprint density at radius 3 is 2.50 bits per heavy atom. The maximum atomic E-state index is 6.47. The van der Waals surface area contributed by atoms with E-state index in [0.717, 1.165) is 5.92 Å². The van der Waals surface area contributed by atoms with Crippen molar-refractivity contribution in [2.24, 2.45) is 11.7 Å². The first kappa shape index (κ1) is 10.3. The molecule has 1 heteroatoms. The average Bonchev–Trinajstić information content (AvgIpc) is 2.87. The summed E-state index contributed by atoms with van der Waals surface area (Å²) in [6.45, 7) is 2.14. The zero-order valence-corrected chi connectivity index (χ0v) is 10.1. The Hall–Kier alpha value is -0.820. The minimum atomic E-state index is 0.139. The highest BCUT2D eigenvalue weighted by Crippen LogP contribution is 2.54. The zero-order valence-electron chi connectivity index (χ0n) is 10.1. The lowest BCUT2D eigenvalue weighted by Crippen LogP contribution is -2.30. The summed E-state index contributed by atoms with van der Waals surface area (Å²) in [5.41, 5.74) is 9.40. The number of nitrogens with two attached hydrogens (primary N) is 1. The van der Waals surface area contributed by atoms with Gasteiger partial charge in [0.15, 0.2) is 0 Å². The van der Waals surface area contributed by atoms with Crippen LogP contribution in [0.4, 0.5) is 0 Å². The molecule has 3 rings (SSSR count). The second-order valence-corrected chi connectivity index (χ2v) is 5.90.